The summed E-state index contributed by atoms with van der Waals surface area (Å²) in [5, 5.41) is 3.63. The van der Waals surface area contributed by atoms with Crippen LogP contribution in [0.5, 0.6) is 0 Å². The predicted octanol–water partition coefficient (Wildman–Crippen LogP) is 2.98. The molecule has 4 heteroatoms. The lowest BCUT2D eigenvalue weighted by atomic mass is 9.90. The Hall–Kier alpha value is -0.830. The summed E-state index contributed by atoms with van der Waals surface area (Å²) >= 11 is 5.86. The Balaban J connectivity index is 2.58. The van der Waals surface area contributed by atoms with E-state index in [9.17, 15) is 0 Å². The van der Waals surface area contributed by atoms with Crippen LogP contribution in [0.25, 0.3) is 0 Å². The van der Waals surface area contributed by atoms with Gasteiger partial charge in [0, 0.05) is 18.9 Å². The lowest BCUT2D eigenvalue weighted by molar-refractivity contribution is 0.376. The first-order valence-electron chi connectivity index (χ1n) is 4.75. The molecule has 0 radical (unpaired) electrons. The number of nitrogens with one attached hydrogen (secondary N) is 1. The summed E-state index contributed by atoms with van der Waals surface area (Å²) in [7, 11) is 0. The molecule has 1 rings (SSSR count). The maximum Gasteiger partial charge on any atom is 0.171 e. The fraction of sp³-hybridized carbons (Fsp3) is 0.600. The maximum atomic E-state index is 5.86. The van der Waals surface area contributed by atoms with Gasteiger partial charge in [0.1, 0.15) is 0 Å². The van der Waals surface area contributed by atoms with Crippen molar-refractivity contribution in [3.8, 4) is 0 Å². The van der Waals surface area contributed by atoms with Crippen molar-refractivity contribution < 1.29 is 0 Å². The molecule has 1 aromatic heterocycles. The van der Waals surface area contributed by atoms with Crippen molar-refractivity contribution >= 4 is 17.4 Å². The zero-order chi connectivity index (χ0) is 10.6. The highest BCUT2D eigenvalue weighted by molar-refractivity contribution is 6.31. The monoisotopic (exact) mass is 213 g/mol. The van der Waals surface area contributed by atoms with Gasteiger partial charge in [-0.2, -0.15) is 0 Å². The number of aromatic nitrogens is 2. The molecule has 3 nitrogen and oxygen atoms in total. The molecule has 0 fully saturated rings. The molecule has 0 aliphatic carbocycles. The second-order valence-corrected chi connectivity index (χ2v) is 4.43. The molecule has 0 unspecified atom stereocenters. The molecule has 14 heavy (non-hydrogen) atoms. The molecule has 0 saturated heterocycles. The van der Waals surface area contributed by atoms with Gasteiger partial charge in [-0.05, 0) is 11.8 Å². The van der Waals surface area contributed by atoms with Gasteiger partial charge in [-0.15, -0.1) is 0 Å². The van der Waals surface area contributed by atoms with Crippen LogP contribution >= 0.6 is 11.6 Å². The molecule has 0 amide bonds. The third-order valence-electron chi connectivity index (χ3n) is 2.35. The second kappa shape index (κ2) is 4.60. The molecular formula is C10H16ClN3. The van der Waals surface area contributed by atoms with Gasteiger partial charge >= 0.3 is 0 Å². The number of nitrogens with zero attached hydrogens (tertiary/aromatic N) is 2. The minimum absolute atomic E-state index is 0.251. The summed E-state index contributed by atoms with van der Waals surface area (Å²) in [6.45, 7) is 7.41. The molecule has 1 heterocycles. The molecular weight excluding hydrogens is 198 g/mol. The molecule has 0 bridgehead atoms. The Labute approximate surface area is 89.9 Å². The molecule has 0 aliphatic rings. The van der Waals surface area contributed by atoms with Crippen molar-refractivity contribution in [2.75, 3.05) is 11.9 Å². The zero-order valence-corrected chi connectivity index (χ0v) is 9.60. The van der Waals surface area contributed by atoms with Crippen molar-refractivity contribution in [3.63, 3.8) is 0 Å². The van der Waals surface area contributed by atoms with E-state index in [2.05, 4.69) is 36.1 Å². The van der Waals surface area contributed by atoms with Crippen LogP contribution in [0.4, 0.5) is 5.82 Å². The number of rotatable bonds is 4. The van der Waals surface area contributed by atoms with Crippen LogP contribution in [0.15, 0.2) is 12.4 Å². The quantitative estimate of drug-likeness (QED) is 0.836. The van der Waals surface area contributed by atoms with Crippen LogP contribution in [0.3, 0.4) is 0 Å². The molecule has 0 aliphatic heterocycles. The largest absolute Gasteiger partial charge is 0.367 e. The van der Waals surface area contributed by atoms with Gasteiger partial charge in [0.25, 0.3) is 0 Å². The fourth-order valence-corrected chi connectivity index (χ4v) is 1.06. The van der Waals surface area contributed by atoms with Gasteiger partial charge in [0.05, 0.1) is 0 Å². The van der Waals surface area contributed by atoms with Crippen LogP contribution in [-0.4, -0.2) is 16.5 Å². The van der Waals surface area contributed by atoms with E-state index in [0.29, 0.717) is 11.0 Å². The fourth-order valence-electron chi connectivity index (χ4n) is 0.888. The van der Waals surface area contributed by atoms with Crippen LogP contribution < -0.4 is 5.32 Å². The van der Waals surface area contributed by atoms with Gasteiger partial charge in [-0.25, -0.2) is 9.97 Å². The third kappa shape index (κ3) is 3.14. The van der Waals surface area contributed by atoms with E-state index >= 15 is 0 Å². The average Bonchev–Trinajstić information content (AvgIpc) is 2.17. The first-order valence-corrected chi connectivity index (χ1v) is 5.13. The van der Waals surface area contributed by atoms with Crippen molar-refractivity contribution in [3.05, 3.63) is 17.5 Å². The third-order valence-corrected chi connectivity index (χ3v) is 2.62. The van der Waals surface area contributed by atoms with E-state index in [1.165, 1.54) is 0 Å². The number of anilines is 1. The Kier molecular flexibility index (Phi) is 3.69. The average molecular weight is 214 g/mol. The molecule has 0 aromatic carbocycles. The van der Waals surface area contributed by atoms with Crippen LogP contribution in [0, 0.1) is 5.41 Å². The van der Waals surface area contributed by atoms with Gasteiger partial charge in [-0.3, -0.25) is 0 Å². The number of halogens is 1. The highest BCUT2D eigenvalue weighted by Gasteiger charge is 2.15. The van der Waals surface area contributed by atoms with Gasteiger partial charge < -0.3 is 5.32 Å². The van der Waals surface area contributed by atoms with E-state index in [4.69, 9.17) is 11.6 Å². The summed E-state index contributed by atoms with van der Waals surface area (Å²) in [5.74, 6) is 0.663. The summed E-state index contributed by atoms with van der Waals surface area (Å²) in [5.41, 5.74) is 0.251. The lowest BCUT2D eigenvalue weighted by Gasteiger charge is -2.23. The highest BCUT2D eigenvalue weighted by atomic mass is 35.5. The van der Waals surface area contributed by atoms with E-state index in [0.717, 1.165) is 13.0 Å². The normalized spacial score (nSPS) is 11.4. The lowest BCUT2D eigenvalue weighted by Crippen LogP contribution is -2.22. The van der Waals surface area contributed by atoms with E-state index in [1.54, 1.807) is 12.4 Å². The van der Waals surface area contributed by atoms with Gasteiger partial charge in [0.15, 0.2) is 11.0 Å². The summed E-state index contributed by atoms with van der Waals surface area (Å²) in [6.07, 6.45) is 4.32. The van der Waals surface area contributed by atoms with E-state index in [1.807, 2.05) is 0 Å². The van der Waals surface area contributed by atoms with E-state index in [-0.39, 0.29) is 5.41 Å². The molecule has 0 spiro atoms. The summed E-state index contributed by atoms with van der Waals surface area (Å²) < 4.78 is 0. The topological polar surface area (TPSA) is 37.8 Å². The minimum Gasteiger partial charge on any atom is -0.367 e. The van der Waals surface area contributed by atoms with Gasteiger partial charge in [0.2, 0.25) is 0 Å². The predicted molar refractivity (Wildman–Crippen MR) is 59.6 cm³/mol. The number of hydrogen-bond acceptors (Lipinski definition) is 3. The molecule has 1 N–H and O–H groups in total. The Morgan fingerprint density at radius 2 is 2.00 bits per heavy atom. The van der Waals surface area contributed by atoms with E-state index < -0.39 is 0 Å². The first kappa shape index (κ1) is 11.2. The highest BCUT2D eigenvalue weighted by Crippen LogP contribution is 2.21. The molecule has 0 atom stereocenters. The first-order chi connectivity index (χ1) is 6.55. The summed E-state index contributed by atoms with van der Waals surface area (Å²) in [4.78, 5) is 8.06. The summed E-state index contributed by atoms with van der Waals surface area (Å²) in [6, 6.07) is 0. The van der Waals surface area contributed by atoms with Crippen LogP contribution in [-0.2, 0) is 0 Å². The standard InChI is InChI=1S/C10H16ClN3/c1-4-10(2,3)7-14-9-8(11)12-5-6-13-9/h5-6H,4,7H2,1-3H3,(H,13,14). The van der Waals surface area contributed by atoms with Crippen molar-refractivity contribution in [2.24, 2.45) is 5.41 Å². The van der Waals surface area contributed by atoms with Crippen molar-refractivity contribution in [2.45, 2.75) is 27.2 Å². The Bertz CT molecular complexity index is 299. The smallest absolute Gasteiger partial charge is 0.171 e. The molecule has 0 saturated carbocycles. The Morgan fingerprint density at radius 1 is 1.36 bits per heavy atom. The zero-order valence-electron chi connectivity index (χ0n) is 8.84. The molecule has 1 aromatic rings. The van der Waals surface area contributed by atoms with Gasteiger partial charge in [-0.1, -0.05) is 32.4 Å². The second-order valence-electron chi connectivity index (χ2n) is 4.07. The minimum atomic E-state index is 0.251. The Morgan fingerprint density at radius 3 is 2.57 bits per heavy atom. The molecule has 78 valence electrons. The maximum absolute atomic E-state index is 5.86. The van der Waals surface area contributed by atoms with Crippen molar-refractivity contribution in [1.29, 1.82) is 0 Å². The number of hydrogen-bond donors (Lipinski definition) is 1. The van der Waals surface area contributed by atoms with Crippen LogP contribution in [0.1, 0.15) is 27.2 Å². The SMILES string of the molecule is CCC(C)(C)CNc1nccnc1Cl. The van der Waals surface area contributed by atoms with Crippen molar-refractivity contribution in [1.82, 2.24) is 9.97 Å². The van der Waals surface area contributed by atoms with Crippen LogP contribution in [0.2, 0.25) is 5.15 Å².